The number of aromatic nitrogens is 1. The fraction of sp³-hybridized carbons (Fsp3) is 0.294. The summed E-state index contributed by atoms with van der Waals surface area (Å²) in [5, 5.41) is 6.58. The van der Waals surface area contributed by atoms with Crippen LogP contribution < -0.4 is 10.6 Å². The molecule has 1 heterocycles. The topological polar surface area (TPSA) is 135 Å². The lowest BCUT2D eigenvalue weighted by molar-refractivity contribution is -0.116. The number of carbonyl (C=O) groups excluding carboxylic acids is 3. The summed E-state index contributed by atoms with van der Waals surface area (Å²) < 4.78 is 30.9. The quantitative estimate of drug-likeness (QED) is 0.595. The molecule has 0 unspecified atom stereocenters. The Morgan fingerprint density at radius 1 is 1.17 bits per heavy atom. The second-order valence-corrected chi connectivity index (χ2v) is 8.68. The van der Waals surface area contributed by atoms with Gasteiger partial charge >= 0.3 is 5.97 Å². The molecule has 156 valence electrons. The number of hydrogen-bond acceptors (Lipinski definition) is 8. The number of esters is 1. The third-order valence-corrected chi connectivity index (χ3v) is 6.06. The van der Waals surface area contributed by atoms with Gasteiger partial charge in [0, 0.05) is 25.0 Å². The molecule has 2 rings (SSSR count). The highest BCUT2D eigenvalue weighted by Gasteiger charge is 2.23. The molecule has 0 aliphatic rings. The van der Waals surface area contributed by atoms with Crippen molar-refractivity contribution in [2.45, 2.75) is 18.7 Å². The highest BCUT2D eigenvalue weighted by atomic mass is 32.2. The van der Waals surface area contributed by atoms with Crippen molar-refractivity contribution >= 4 is 50.0 Å². The summed E-state index contributed by atoms with van der Waals surface area (Å²) >= 11 is 1.02. The molecule has 0 aliphatic carbocycles. The number of likely N-dealkylation sites (N-methyl/N-ethyl adjacent to an activating group) is 1. The molecule has 1 aromatic heterocycles. The van der Waals surface area contributed by atoms with E-state index in [1.807, 2.05) is 0 Å². The number of rotatable bonds is 8. The van der Waals surface area contributed by atoms with Crippen LogP contribution in [-0.2, 0) is 24.3 Å². The Morgan fingerprint density at radius 2 is 1.83 bits per heavy atom. The number of sulfonamides is 1. The van der Waals surface area contributed by atoms with Gasteiger partial charge in [-0.15, -0.1) is 11.3 Å². The van der Waals surface area contributed by atoms with Crippen LogP contribution in [0.3, 0.4) is 0 Å². The van der Waals surface area contributed by atoms with E-state index in [2.05, 4.69) is 15.6 Å². The number of thiazole rings is 1. The van der Waals surface area contributed by atoms with E-state index < -0.39 is 28.4 Å². The molecule has 0 fully saturated rings. The van der Waals surface area contributed by atoms with Crippen LogP contribution >= 0.6 is 11.3 Å². The van der Waals surface area contributed by atoms with Crippen LogP contribution in [0, 0.1) is 0 Å². The number of nitrogens with one attached hydrogen (secondary N) is 2. The van der Waals surface area contributed by atoms with Gasteiger partial charge < -0.3 is 15.4 Å². The Balaban J connectivity index is 2.01. The van der Waals surface area contributed by atoms with E-state index in [0.717, 1.165) is 15.6 Å². The zero-order valence-corrected chi connectivity index (χ0v) is 17.6. The third-order valence-electron chi connectivity index (χ3n) is 3.48. The predicted molar refractivity (Wildman–Crippen MR) is 107 cm³/mol. The van der Waals surface area contributed by atoms with Gasteiger partial charge in [0.2, 0.25) is 21.8 Å². The Morgan fingerprint density at radius 3 is 2.41 bits per heavy atom. The van der Waals surface area contributed by atoms with Gasteiger partial charge in [-0.25, -0.2) is 18.2 Å². The normalized spacial score (nSPS) is 11.2. The van der Waals surface area contributed by atoms with Gasteiger partial charge in [-0.2, -0.15) is 4.31 Å². The minimum Gasteiger partial charge on any atom is -0.461 e. The molecule has 10 nitrogen and oxygen atoms in total. The zero-order chi connectivity index (χ0) is 21.6. The number of nitrogens with zero attached hydrogens (tertiary/aromatic N) is 2. The maximum atomic E-state index is 12.6. The number of hydrogen-bond donors (Lipinski definition) is 2. The van der Waals surface area contributed by atoms with E-state index in [4.69, 9.17) is 4.74 Å². The molecule has 0 radical (unpaired) electrons. The highest BCUT2D eigenvalue weighted by Crippen LogP contribution is 2.19. The fourth-order valence-corrected chi connectivity index (χ4v) is 3.99. The van der Waals surface area contributed by atoms with E-state index in [0.29, 0.717) is 5.69 Å². The maximum absolute atomic E-state index is 12.6. The molecule has 0 bridgehead atoms. The van der Waals surface area contributed by atoms with Gasteiger partial charge in [0.25, 0.3) is 0 Å². The SMILES string of the molecule is CCOC(=O)c1csc(NC(=O)CN(C)S(=O)(=O)c2ccc(NC(C)=O)cc2)n1. The summed E-state index contributed by atoms with van der Waals surface area (Å²) in [6, 6.07) is 5.58. The standard InChI is InChI=1S/C17H20N4O6S2/c1-4-27-16(24)14-10-28-17(19-14)20-15(23)9-21(3)29(25,26)13-7-5-12(6-8-13)18-11(2)22/h5-8,10H,4,9H2,1-3H3,(H,18,22)(H,19,20,23). The molecule has 2 aromatic rings. The van der Waals surface area contributed by atoms with Crippen molar-refractivity contribution in [2.75, 3.05) is 30.8 Å². The highest BCUT2D eigenvalue weighted by molar-refractivity contribution is 7.89. The number of amides is 2. The Labute approximate surface area is 171 Å². The molecule has 1 aromatic carbocycles. The van der Waals surface area contributed by atoms with Crippen LogP contribution in [0.1, 0.15) is 24.3 Å². The summed E-state index contributed by atoms with van der Waals surface area (Å²) in [4.78, 5) is 38.7. The van der Waals surface area contributed by atoms with Crippen molar-refractivity contribution in [3.63, 3.8) is 0 Å². The largest absolute Gasteiger partial charge is 0.461 e. The lowest BCUT2D eigenvalue weighted by Gasteiger charge is -2.16. The minimum atomic E-state index is -3.92. The first-order valence-electron chi connectivity index (χ1n) is 8.40. The molecule has 29 heavy (non-hydrogen) atoms. The second kappa shape index (κ2) is 9.58. The number of carbonyl (C=O) groups is 3. The van der Waals surface area contributed by atoms with Gasteiger partial charge in [-0.05, 0) is 31.2 Å². The molecule has 2 amide bonds. The van der Waals surface area contributed by atoms with Crippen molar-refractivity contribution in [1.82, 2.24) is 9.29 Å². The zero-order valence-electron chi connectivity index (χ0n) is 16.0. The van der Waals surface area contributed by atoms with E-state index in [1.165, 1.54) is 43.6 Å². The van der Waals surface area contributed by atoms with Crippen molar-refractivity contribution in [2.24, 2.45) is 0 Å². The minimum absolute atomic E-state index is 0.0271. The monoisotopic (exact) mass is 440 g/mol. The molecular weight excluding hydrogens is 420 g/mol. The molecule has 0 saturated carbocycles. The Hall–Kier alpha value is -2.83. The first-order valence-corrected chi connectivity index (χ1v) is 10.7. The van der Waals surface area contributed by atoms with E-state index in [9.17, 15) is 22.8 Å². The van der Waals surface area contributed by atoms with Crippen LogP contribution in [-0.4, -0.2) is 55.7 Å². The van der Waals surface area contributed by atoms with E-state index in [1.54, 1.807) is 6.92 Å². The van der Waals surface area contributed by atoms with Crippen molar-refractivity contribution < 1.29 is 27.5 Å². The molecule has 0 atom stereocenters. The Kier molecular flexibility index (Phi) is 7.42. The predicted octanol–water partition coefficient (Wildman–Crippen LogP) is 1.54. The second-order valence-electron chi connectivity index (χ2n) is 5.77. The Bertz CT molecular complexity index is 1000. The molecule has 2 N–H and O–H groups in total. The summed E-state index contributed by atoms with van der Waals surface area (Å²) in [6.07, 6.45) is 0. The summed E-state index contributed by atoms with van der Waals surface area (Å²) in [6.45, 7) is 2.75. The average Bonchev–Trinajstić information content (AvgIpc) is 3.10. The molecule has 0 saturated heterocycles. The summed E-state index contributed by atoms with van der Waals surface area (Å²) in [5.74, 6) is -1.50. The van der Waals surface area contributed by atoms with Crippen molar-refractivity contribution in [3.05, 3.63) is 35.3 Å². The molecule has 0 spiro atoms. The number of ether oxygens (including phenoxy) is 1. The average molecular weight is 441 g/mol. The van der Waals surface area contributed by atoms with E-state index >= 15 is 0 Å². The van der Waals surface area contributed by atoms with Gasteiger partial charge in [0.05, 0.1) is 18.0 Å². The maximum Gasteiger partial charge on any atom is 0.357 e. The lowest BCUT2D eigenvalue weighted by atomic mass is 10.3. The first-order chi connectivity index (χ1) is 13.6. The van der Waals surface area contributed by atoms with Crippen molar-refractivity contribution in [1.29, 1.82) is 0 Å². The van der Waals surface area contributed by atoms with Gasteiger partial charge in [-0.3, -0.25) is 9.59 Å². The fourth-order valence-electron chi connectivity index (χ4n) is 2.17. The smallest absolute Gasteiger partial charge is 0.357 e. The van der Waals surface area contributed by atoms with Crippen LogP contribution in [0.25, 0.3) is 0 Å². The molecule has 12 heteroatoms. The van der Waals surface area contributed by atoms with Gasteiger partial charge in [0.15, 0.2) is 10.8 Å². The summed E-state index contributed by atoms with van der Waals surface area (Å²) in [7, 11) is -2.65. The third kappa shape index (κ3) is 6.07. The summed E-state index contributed by atoms with van der Waals surface area (Å²) in [5.41, 5.74) is 0.519. The van der Waals surface area contributed by atoms with Gasteiger partial charge in [-0.1, -0.05) is 0 Å². The van der Waals surface area contributed by atoms with E-state index in [-0.39, 0.29) is 28.2 Å². The van der Waals surface area contributed by atoms with Crippen LogP contribution in [0.15, 0.2) is 34.5 Å². The van der Waals surface area contributed by atoms with Crippen molar-refractivity contribution in [3.8, 4) is 0 Å². The number of benzene rings is 1. The van der Waals surface area contributed by atoms with Gasteiger partial charge in [0.1, 0.15) is 0 Å². The van der Waals surface area contributed by atoms with Crippen LogP contribution in [0.5, 0.6) is 0 Å². The lowest BCUT2D eigenvalue weighted by Crippen LogP contribution is -2.35. The van der Waals surface area contributed by atoms with Crippen LogP contribution in [0.4, 0.5) is 10.8 Å². The molecular formula is C17H20N4O6S2. The number of anilines is 2. The first kappa shape index (κ1) is 22.5. The molecule has 0 aliphatic heterocycles. The van der Waals surface area contributed by atoms with Crippen LogP contribution in [0.2, 0.25) is 0 Å².